The van der Waals surface area contributed by atoms with Gasteiger partial charge in [0.15, 0.2) is 16.7 Å². The molecular weight excluding hydrogens is 446 g/mol. The van der Waals surface area contributed by atoms with E-state index in [1.54, 1.807) is 0 Å². The number of carbonyl (C=O) groups excluding carboxylic acids is 1. The minimum atomic E-state index is -1.05. The highest BCUT2D eigenvalue weighted by Crippen LogP contribution is 2.28. The molecule has 2 heterocycles. The number of carboxylic acid groups (broad SMARTS) is 1. The average molecular weight is 468 g/mol. The van der Waals surface area contributed by atoms with Crippen molar-refractivity contribution in [2.24, 2.45) is 5.73 Å². The lowest BCUT2D eigenvalue weighted by Crippen LogP contribution is -2.49. The zero-order valence-corrected chi connectivity index (χ0v) is 18.0. The van der Waals surface area contributed by atoms with Crippen LogP contribution in [-0.2, 0) is 14.3 Å². The number of aromatic nitrogens is 3. The van der Waals surface area contributed by atoms with Crippen molar-refractivity contribution in [2.45, 2.75) is 18.9 Å². The Morgan fingerprint density at radius 3 is 2.41 bits per heavy atom. The molecule has 1 unspecified atom stereocenters. The van der Waals surface area contributed by atoms with Gasteiger partial charge in [0.05, 0.1) is 25.4 Å². The van der Waals surface area contributed by atoms with Gasteiger partial charge in [-0.05, 0) is 12.2 Å². The van der Waals surface area contributed by atoms with Gasteiger partial charge in [-0.2, -0.15) is 0 Å². The molecule has 0 saturated carbocycles. The number of carbonyl (C=O) groups is 2. The smallest absolute Gasteiger partial charge is 0.303 e. The molecule has 1 saturated heterocycles. The minimum Gasteiger partial charge on any atom is -0.488 e. The normalized spacial score (nSPS) is 14.9. The molecule has 3 rings (SSSR count). The lowest BCUT2D eigenvalue weighted by atomic mass is 10.2. The fourth-order valence-corrected chi connectivity index (χ4v) is 3.45. The van der Waals surface area contributed by atoms with Crippen molar-refractivity contribution < 1.29 is 28.2 Å². The maximum absolute atomic E-state index is 14.8. The van der Waals surface area contributed by atoms with E-state index in [2.05, 4.69) is 10.3 Å². The Balaban J connectivity index is 1.71. The number of rotatable bonds is 7. The third-order valence-electron chi connectivity index (χ3n) is 5.05. The Bertz CT molecular complexity index is 1000. The summed E-state index contributed by atoms with van der Waals surface area (Å²) in [5, 5.41) is 16.5. The molecule has 32 heavy (non-hydrogen) atoms. The van der Waals surface area contributed by atoms with E-state index in [1.807, 2.05) is 0 Å². The monoisotopic (exact) mass is 468 g/mol. The van der Waals surface area contributed by atoms with Crippen molar-refractivity contribution in [3.05, 3.63) is 35.7 Å². The van der Waals surface area contributed by atoms with Gasteiger partial charge in [-0.1, -0.05) is 5.21 Å². The van der Waals surface area contributed by atoms with Crippen molar-refractivity contribution >= 4 is 34.8 Å². The minimum absolute atomic E-state index is 0.102. The summed E-state index contributed by atoms with van der Waals surface area (Å²) in [5.41, 5.74) is 6.08. The molecule has 2 aromatic rings. The van der Waals surface area contributed by atoms with Crippen LogP contribution in [0.25, 0.3) is 5.69 Å². The van der Waals surface area contributed by atoms with Crippen molar-refractivity contribution in [2.75, 3.05) is 38.2 Å². The average Bonchev–Trinajstić information content (AvgIpc) is 3.26. The van der Waals surface area contributed by atoms with E-state index in [0.29, 0.717) is 0 Å². The van der Waals surface area contributed by atoms with Gasteiger partial charge in [0.25, 0.3) is 0 Å². The van der Waals surface area contributed by atoms with E-state index in [4.69, 9.17) is 27.8 Å². The molecule has 13 heteroatoms. The zero-order valence-electron chi connectivity index (χ0n) is 17.2. The number of hydrogen-bond acceptors (Lipinski definition) is 8. The van der Waals surface area contributed by atoms with Gasteiger partial charge < -0.3 is 25.4 Å². The largest absolute Gasteiger partial charge is 0.488 e. The summed E-state index contributed by atoms with van der Waals surface area (Å²) in [6.07, 6.45) is 1.05. The molecule has 0 aliphatic carbocycles. The van der Waals surface area contributed by atoms with Gasteiger partial charge in [-0.3, -0.25) is 9.59 Å². The van der Waals surface area contributed by atoms with Crippen LogP contribution in [-0.4, -0.2) is 75.2 Å². The molecule has 1 atom stereocenters. The number of amides is 1. The molecule has 1 aliphatic rings. The van der Waals surface area contributed by atoms with Crippen LogP contribution in [0.4, 0.5) is 14.5 Å². The molecule has 1 fully saturated rings. The van der Waals surface area contributed by atoms with Gasteiger partial charge in [0, 0.05) is 44.7 Å². The number of nitrogens with zero attached hydrogens (tertiary/aromatic N) is 5. The van der Waals surface area contributed by atoms with E-state index >= 15 is 0 Å². The summed E-state index contributed by atoms with van der Waals surface area (Å²) >= 11 is 4.97. The van der Waals surface area contributed by atoms with Crippen LogP contribution in [0.2, 0.25) is 0 Å². The van der Waals surface area contributed by atoms with Crippen LogP contribution in [0.1, 0.15) is 24.6 Å². The van der Waals surface area contributed by atoms with Crippen molar-refractivity contribution in [1.29, 1.82) is 0 Å². The fourth-order valence-electron chi connectivity index (χ4n) is 3.33. The summed E-state index contributed by atoms with van der Waals surface area (Å²) in [7, 11) is 1.38. The molecule has 10 nitrogen and oxygen atoms in total. The van der Waals surface area contributed by atoms with Crippen molar-refractivity contribution in [3.63, 3.8) is 0 Å². The van der Waals surface area contributed by atoms with Crippen molar-refractivity contribution in [3.8, 4) is 5.69 Å². The predicted octanol–water partition coefficient (Wildman–Crippen LogP) is 1.03. The molecule has 0 bridgehead atoms. The number of anilines is 1. The van der Waals surface area contributed by atoms with E-state index in [-0.39, 0.29) is 67.0 Å². The molecule has 1 aromatic carbocycles. The number of nitrogens with two attached hydrogens (primary N) is 1. The number of thiocarbonyl (C=S) groups is 1. The number of aliphatic carboxylic acids is 1. The lowest BCUT2D eigenvalue weighted by Gasteiger charge is -2.36. The van der Waals surface area contributed by atoms with Gasteiger partial charge in [-0.15, -0.1) is 5.10 Å². The predicted molar refractivity (Wildman–Crippen MR) is 113 cm³/mol. The lowest BCUT2D eigenvalue weighted by molar-refractivity contribution is -0.141. The van der Waals surface area contributed by atoms with Crippen LogP contribution in [0, 0.1) is 11.6 Å². The van der Waals surface area contributed by atoms with Crippen LogP contribution < -0.4 is 10.6 Å². The second kappa shape index (κ2) is 9.96. The Hall–Kier alpha value is -3.19. The highest BCUT2D eigenvalue weighted by molar-refractivity contribution is 7.80. The third kappa shape index (κ3) is 5.16. The molecular formula is C19H22F2N6O4S. The molecule has 1 aromatic heterocycles. The molecule has 1 aliphatic heterocycles. The Morgan fingerprint density at radius 1 is 1.22 bits per heavy atom. The second-order valence-corrected chi connectivity index (χ2v) is 7.51. The maximum Gasteiger partial charge on any atom is 0.303 e. The highest BCUT2D eigenvalue weighted by Gasteiger charge is 2.26. The number of piperazine rings is 1. The summed E-state index contributed by atoms with van der Waals surface area (Å²) in [4.78, 5) is 25.7. The van der Waals surface area contributed by atoms with Crippen molar-refractivity contribution in [1.82, 2.24) is 19.9 Å². The molecule has 0 radical (unpaired) electrons. The summed E-state index contributed by atoms with van der Waals surface area (Å²) in [5.74, 6) is -2.93. The quantitative estimate of drug-likeness (QED) is 0.573. The molecule has 0 spiro atoms. The van der Waals surface area contributed by atoms with Gasteiger partial charge in [0.1, 0.15) is 17.4 Å². The number of benzene rings is 1. The van der Waals surface area contributed by atoms with Crippen LogP contribution >= 0.6 is 12.2 Å². The zero-order chi connectivity index (χ0) is 23.4. The number of ether oxygens (including phenoxy) is 1. The first-order valence-electron chi connectivity index (χ1n) is 9.71. The number of carboxylic acids is 1. The molecule has 3 N–H and O–H groups in total. The van der Waals surface area contributed by atoms with Gasteiger partial charge in [0.2, 0.25) is 5.91 Å². The first kappa shape index (κ1) is 23.5. The fraction of sp³-hybridized carbons (Fsp3) is 0.421. The number of halogens is 2. The first-order valence-corrected chi connectivity index (χ1v) is 10.1. The molecule has 172 valence electrons. The molecule has 1 amide bonds. The van der Waals surface area contributed by atoms with E-state index in [9.17, 15) is 18.4 Å². The summed E-state index contributed by atoms with van der Waals surface area (Å²) < 4.78 is 35.8. The third-order valence-corrected chi connectivity index (χ3v) is 5.47. The standard InChI is InChI=1S/C19H22F2N6O4S/c1-31-19(32)17(22)14-10-27(24-23-14)11-8-12(20)18(13(21)9-11)26-6-4-25(5-7-26)15(28)2-3-16(29)30/h8-10,17H,2-7,22H2,1H3,(H,29,30). The van der Waals surface area contributed by atoms with Gasteiger partial charge >= 0.3 is 5.97 Å². The Morgan fingerprint density at radius 2 is 1.84 bits per heavy atom. The Labute approximate surface area is 187 Å². The number of methoxy groups -OCH3 is 1. The van der Waals surface area contributed by atoms with E-state index < -0.39 is 23.6 Å². The SMILES string of the molecule is COC(=S)C(N)c1cn(-c2cc(F)c(N3CCN(C(=O)CCC(=O)O)CC3)c(F)c2)nn1. The van der Waals surface area contributed by atoms with Crippen LogP contribution in [0.3, 0.4) is 0 Å². The number of hydrogen-bond donors (Lipinski definition) is 2. The summed E-state index contributed by atoms with van der Waals surface area (Å²) in [6.45, 7) is 0.900. The van der Waals surface area contributed by atoms with Crippen LogP contribution in [0.5, 0.6) is 0 Å². The van der Waals surface area contributed by atoms with Crippen LogP contribution in [0.15, 0.2) is 18.3 Å². The van der Waals surface area contributed by atoms with E-state index in [1.165, 1.54) is 27.8 Å². The topological polar surface area (TPSA) is 127 Å². The highest BCUT2D eigenvalue weighted by atomic mass is 32.1. The van der Waals surface area contributed by atoms with Gasteiger partial charge in [-0.25, -0.2) is 13.5 Å². The summed E-state index contributed by atoms with van der Waals surface area (Å²) in [6, 6.07) is 1.44. The van der Waals surface area contributed by atoms with E-state index in [0.717, 1.165) is 12.1 Å². The first-order chi connectivity index (χ1) is 15.2. The second-order valence-electron chi connectivity index (χ2n) is 7.11. The maximum atomic E-state index is 14.8. The Kier molecular flexibility index (Phi) is 7.30.